The van der Waals surface area contributed by atoms with Gasteiger partial charge in [-0.1, -0.05) is 20.8 Å². The number of nitrogens with zero attached hydrogens (tertiary/aromatic N) is 2. The highest BCUT2D eigenvalue weighted by atomic mass is 19.2. The summed E-state index contributed by atoms with van der Waals surface area (Å²) in [4.78, 5) is 46.9. The Labute approximate surface area is 305 Å². The summed E-state index contributed by atoms with van der Waals surface area (Å²) in [5.74, 6) is -12.8. The van der Waals surface area contributed by atoms with Crippen LogP contribution in [0, 0.1) is 58.4 Å². The Morgan fingerprint density at radius 3 is 1.80 bits per heavy atom. The van der Waals surface area contributed by atoms with E-state index in [1.165, 1.54) is 19.1 Å². The summed E-state index contributed by atoms with van der Waals surface area (Å²) in [6, 6.07) is 5.18. The molecule has 0 aliphatic carbocycles. The third kappa shape index (κ3) is 11.4. The lowest BCUT2D eigenvalue weighted by Crippen LogP contribution is -2.37. The maximum absolute atomic E-state index is 14.4. The highest BCUT2D eigenvalue weighted by Crippen LogP contribution is 2.28. The molecule has 3 aromatic carbocycles. The van der Waals surface area contributed by atoms with Crippen molar-refractivity contribution >= 4 is 34.8 Å². The Morgan fingerprint density at radius 2 is 1.33 bits per heavy atom. The van der Waals surface area contributed by atoms with Crippen LogP contribution in [0.25, 0.3) is 0 Å². The third-order valence-corrected chi connectivity index (χ3v) is 8.02. The van der Waals surface area contributed by atoms with Gasteiger partial charge in [0.15, 0.2) is 46.5 Å². The van der Waals surface area contributed by atoms with E-state index in [-0.39, 0.29) is 54.5 Å². The Bertz CT molecular complexity index is 1830. The highest BCUT2D eigenvalue weighted by molar-refractivity contribution is 6.06. The number of hydrogen-bond donors (Lipinski definition) is 1. The van der Waals surface area contributed by atoms with Gasteiger partial charge < -0.3 is 14.4 Å². The van der Waals surface area contributed by atoms with Gasteiger partial charge in [-0.25, -0.2) is 40.5 Å². The van der Waals surface area contributed by atoms with Gasteiger partial charge in [-0.15, -0.1) is 0 Å². The van der Waals surface area contributed by atoms with Crippen LogP contribution < -0.4 is 10.3 Å². The van der Waals surface area contributed by atoms with Gasteiger partial charge in [0, 0.05) is 54.5 Å². The summed E-state index contributed by atoms with van der Waals surface area (Å²) in [7, 11) is 0. The summed E-state index contributed by atoms with van der Waals surface area (Å²) in [5.41, 5.74) is 2.73. The van der Waals surface area contributed by atoms with Gasteiger partial charge >= 0.3 is 5.97 Å². The minimum Gasteiger partial charge on any atom is -0.466 e. The first-order valence-corrected chi connectivity index (χ1v) is 16.7. The fraction of sp³-hybridized carbons (Fsp3) is 0.378. The molecule has 2 heterocycles. The average Bonchev–Trinajstić information content (AvgIpc) is 3.12. The van der Waals surface area contributed by atoms with Crippen LogP contribution in [-0.2, 0) is 19.1 Å². The number of carbonyl (C=O) groups is 4. The lowest BCUT2D eigenvalue weighted by Gasteiger charge is -2.29. The molecule has 0 aromatic heterocycles. The Kier molecular flexibility index (Phi) is 15.8. The molecule has 1 amide bonds. The topological polar surface area (TPSA) is 114 Å². The summed E-state index contributed by atoms with van der Waals surface area (Å²) in [6.07, 6.45) is 0.186. The van der Waals surface area contributed by atoms with Gasteiger partial charge in [0.2, 0.25) is 5.91 Å². The number of halogens is 8. The minimum atomic E-state index is -1.63. The molecule has 2 atom stereocenters. The second kappa shape index (κ2) is 19.8. The molecule has 2 unspecified atom stereocenters. The number of Topliss-reactive ketones (excluding diaryl/α,β-unsaturated/α-hetero) is 2. The molecule has 3 aromatic rings. The van der Waals surface area contributed by atoms with Crippen molar-refractivity contribution in [2.45, 2.75) is 47.0 Å². The molecule has 54 heavy (non-hydrogen) atoms. The SMILES string of the molecule is CC1CC(=O)NN=C1c1cc(F)c(N2CCOCC2)c(F)c1.CCC(=O)c1cc(F)c(F)c(F)c1.CCOC(=O)CC(C)C(=O)c1cc(F)c(F)c(F)c1. The average molecular weight is 772 g/mol. The summed E-state index contributed by atoms with van der Waals surface area (Å²) < 4.78 is 115. The van der Waals surface area contributed by atoms with E-state index >= 15 is 0 Å². The summed E-state index contributed by atoms with van der Waals surface area (Å²) in [6.45, 7) is 8.42. The van der Waals surface area contributed by atoms with Gasteiger partial charge in [0.1, 0.15) is 17.3 Å². The largest absolute Gasteiger partial charge is 0.466 e. The van der Waals surface area contributed by atoms with E-state index in [0.29, 0.717) is 61.8 Å². The van der Waals surface area contributed by atoms with Crippen LogP contribution in [0.4, 0.5) is 40.8 Å². The van der Waals surface area contributed by atoms with Crippen molar-refractivity contribution in [3.63, 3.8) is 0 Å². The van der Waals surface area contributed by atoms with Gasteiger partial charge in [-0.2, -0.15) is 5.10 Å². The first kappa shape index (κ1) is 43.2. The van der Waals surface area contributed by atoms with Crippen molar-refractivity contribution in [2.75, 3.05) is 37.8 Å². The monoisotopic (exact) mass is 771 g/mol. The van der Waals surface area contributed by atoms with Crippen LogP contribution in [0.1, 0.15) is 73.2 Å². The minimum absolute atomic E-state index is 0.0276. The smallest absolute Gasteiger partial charge is 0.306 e. The molecule has 2 aliphatic heterocycles. The van der Waals surface area contributed by atoms with Crippen LogP contribution >= 0.6 is 0 Å². The van der Waals surface area contributed by atoms with E-state index in [9.17, 15) is 54.3 Å². The lowest BCUT2D eigenvalue weighted by molar-refractivity contribution is -0.143. The highest BCUT2D eigenvalue weighted by Gasteiger charge is 2.26. The zero-order valence-electron chi connectivity index (χ0n) is 29.6. The first-order valence-electron chi connectivity index (χ1n) is 16.7. The number of carbonyl (C=O) groups excluding carboxylic acids is 4. The van der Waals surface area contributed by atoms with Gasteiger partial charge in [-0.05, 0) is 43.3 Å². The number of anilines is 1. The molecule has 1 fully saturated rings. The molecule has 0 spiro atoms. The molecular formula is C37H37F8N3O6. The summed E-state index contributed by atoms with van der Waals surface area (Å²) >= 11 is 0. The zero-order valence-corrected chi connectivity index (χ0v) is 29.6. The maximum Gasteiger partial charge on any atom is 0.306 e. The number of rotatable bonds is 9. The second-order valence-electron chi connectivity index (χ2n) is 12.1. The van der Waals surface area contributed by atoms with E-state index in [1.54, 1.807) is 18.7 Å². The molecule has 1 N–H and O–H groups in total. The fourth-order valence-corrected chi connectivity index (χ4v) is 5.27. The Hall–Kier alpha value is -5.19. The first-order chi connectivity index (χ1) is 25.5. The number of ether oxygens (including phenoxy) is 2. The fourth-order valence-electron chi connectivity index (χ4n) is 5.27. The molecule has 17 heteroatoms. The Morgan fingerprint density at radius 1 is 0.833 bits per heavy atom. The molecule has 0 radical (unpaired) electrons. The van der Waals surface area contributed by atoms with Crippen molar-refractivity contribution in [1.29, 1.82) is 0 Å². The van der Waals surface area contributed by atoms with Crippen molar-refractivity contribution < 1.29 is 63.8 Å². The van der Waals surface area contributed by atoms with Crippen LogP contribution in [0.5, 0.6) is 0 Å². The van der Waals surface area contributed by atoms with Crippen LogP contribution in [0.3, 0.4) is 0 Å². The third-order valence-electron chi connectivity index (χ3n) is 8.02. The molecular weight excluding hydrogens is 734 g/mol. The zero-order chi connectivity index (χ0) is 40.3. The van der Waals surface area contributed by atoms with Crippen LogP contribution in [-0.4, -0.2) is 62.1 Å². The van der Waals surface area contributed by atoms with E-state index in [0.717, 1.165) is 0 Å². The number of benzene rings is 3. The maximum atomic E-state index is 14.4. The van der Waals surface area contributed by atoms with Crippen molar-refractivity contribution in [2.24, 2.45) is 16.9 Å². The molecule has 0 bridgehead atoms. The quantitative estimate of drug-likeness (QED) is 0.106. The van der Waals surface area contributed by atoms with E-state index in [2.05, 4.69) is 15.3 Å². The predicted molar refractivity (Wildman–Crippen MR) is 180 cm³/mol. The van der Waals surface area contributed by atoms with Crippen molar-refractivity contribution in [3.05, 3.63) is 99.6 Å². The van der Waals surface area contributed by atoms with Gasteiger partial charge in [-0.3, -0.25) is 19.2 Å². The Balaban J connectivity index is 0.000000225. The number of hydrogen-bond acceptors (Lipinski definition) is 8. The van der Waals surface area contributed by atoms with Crippen molar-refractivity contribution in [1.82, 2.24) is 5.43 Å². The van der Waals surface area contributed by atoms with Gasteiger partial charge in [0.25, 0.3) is 0 Å². The van der Waals surface area contributed by atoms with E-state index in [4.69, 9.17) is 4.74 Å². The molecule has 2 aliphatic rings. The number of nitrogens with one attached hydrogen (secondary N) is 1. The number of hydrazone groups is 1. The summed E-state index contributed by atoms with van der Waals surface area (Å²) in [5, 5.41) is 3.94. The number of amides is 1. The predicted octanol–water partition coefficient (Wildman–Crippen LogP) is 7.23. The van der Waals surface area contributed by atoms with Crippen molar-refractivity contribution in [3.8, 4) is 0 Å². The van der Waals surface area contributed by atoms with Crippen LogP contribution in [0.15, 0.2) is 41.5 Å². The molecule has 9 nitrogen and oxygen atoms in total. The van der Waals surface area contributed by atoms with E-state index < -0.39 is 70.0 Å². The standard InChI is InChI=1S/C15H17F2N3O2.C13H13F3O3.C9H7F3O/c1-9-6-13(21)18-19-14(9)10-7-11(16)15(12(17)8-10)20-2-4-22-5-3-20;1-3-19-11(17)4-7(2)13(18)8-5-9(14)12(16)10(15)6-8;1-2-8(13)5-3-6(10)9(12)7(11)4-5/h7-9H,2-6H2,1H3,(H,18,21);5-7H,3-4H2,1-2H3;3-4H,2H2,1H3. The molecule has 5 rings (SSSR count). The van der Waals surface area contributed by atoms with E-state index in [1.807, 2.05) is 6.92 Å². The molecule has 1 saturated heterocycles. The second-order valence-corrected chi connectivity index (χ2v) is 12.1. The number of esters is 1. The molecule has 0 saturated carbocycles. The number of ketones is 2. The van der Waals surface area contributed by atoms with Crippen LogP contribution in [0.2, 0.25) is 0 Å². The van der Waals surface area contributed by atoms with Gasteiger partial charge in [0.05, 0.1) is 32.0 Å². The molecule has 292 valence electrons. The number of morpholine rings is 1. The normalized spacial score (nSPS) is 15.8. The lowest BCUT2D eigenvalue weighted by atomic mass is 9.93.